The van der Waals surface area contributed by atoms with Crippen LogP contribution in [0, 0.1) is 5.41 Å². The minimum absolute atomic E-state index is 0.0211. The van der Waals surface area contributed by atoms with Gasteiger partial charge in [-0.25, -0.2) is 0 Å². The largest absolute Gasteiger partial charge is 0.381 e. The van der Waals surface area contributed by atoms with Gasteiger partial charge in [-0.15, -0.1) is 0 Å². The van der Waals surface area contributed by atoms with E-state index in [1.54, 1.807) is 0 Å². The van der Waals surface area contributed by atoms with Gasteiger partial charge in [-0.1, -0.05) is 27.2 Å². The van der Waals surface area contributed by atoms with Gasteiger partial charge in [0, 0.05) is 19.8 Å². The van der Waals surface area contributed by atoms with Gasteiger partial charge < -0.3 is 9.47 Å². The van der Waals surface area contributed by atoms with E-state index in [4.69, 9.17) is 9.47 Å². The lowest BCUT2D eigenvalue weighted by Crippen LogP contribution is -2.20. The molecule has 0 bridgehead atoms. The highest BCUT2D eigenvalue weighted by atomic mass is 16.5. The molecule has 2 nitrogen and oxygen atoms in total. The number of rotatable bonds is 8. The molecule has 0 amide bonds. The maximum Gasteiger partial charge on any atom is 0.0598 e. The second-order valence-corrected chi connectivity index (χ2v) is 6.94. The van der Waals surface area contributed by atoms with Crippen LogP contribution < -0.4 is 0 Å². The molecule has 0 spiro atoms. The summed E-state index contributed by atoms with van der Waals surface area (Å²) in [5, 5.41) is 0. The molecule has 0 saturated carbocycles. The van der Waals surface area contributed by atoms with Crippen LogP contribution in [0.2, 0.25) is 0 Å². The fraction of sp³-hybridized carbons (Fsp3) is 1.00. The second-order valence-electron chi connectivity index (χ2n) is 6.94. The predicted octanol–water partition coefficient (Wildman–Crippen LogP) is 4.42. The zero-order valence-electron chi connectivity index (χ0n) is 12.8. The molecule has 0 N–H and O–H groups in total. The summed E-state index contributed by atoms with van der Waals surface area (Å²) in [5.74, 6) is 0. The van der Waals surface area contributed by atoms with E-state index in [1.807, 2.05) is 0 Å². The van der Waals surface area contributed by atoms with Crippen LogP contribution in [0.1, 0.15) is 67.2 Å². The van der Waals surface area contributed by atoms with E-state index in [9.17, 15) is 0 Å². The van der Waals surface area contributed by atoms with Crippen molar-refractivity contribution >= 4 is 0 Å². The quantitative estimate of drug-likeness (QED) is 0.588. The lowest BCUT2D eigenvalue weighted by Gasteiger charge is -2.19. The zero-order valence-corrected chi connectivity index (χ0v) is 12.8. The van der Waals surface area contributed by atoms with Crippen LogP contribution in [0.5, 0.6) is 0 Å². The number of hydrogen-bond donors (Lipinski definition) is 0. The Balaban J connectivity index is 3.15. The maximum absolute atomic E-state index is 5.62. The molecule has 0 atom stereocenters. The summed E-state index contributed by atoms with van der Waals surface area (Å²) in [5.41, 5.74) is 0.438. The first-order valence-corrected chi connectivity index (χ1v) is 6.92. The van der Waals surface area contributed by atoms with Crippen molar-refractivity contribution in [2.24, 2.45) is 5.41 Å². The smallest absolute Gasteiger partial charge is 0.0598 e. The van der Waals surface area contributed by atoms with E-state index in [-0.39, 0.29) is 5.60 Å². The Bertz CT molecular complexity index is 154. The molecule has 0 fully saturated rings. The van der Waals surface area contributed by atoms with Crippen molar-refractivity contribution < 1.29 is 9.47 Å². The Labute approximate surface area is 108 Å². The minimum atomic E-state index is -0.0211. The normalized spacial score (nSPS) is 13.1. The molecule has 0 aromatic rings. The minimum Gasteiger partial charge on any atom is -0.381 e. The Morgan fingerprint density at radius 2 is 1.29 bits per heavy atom. The Morgan fingerprint density at radius 1 is 0.706 bits per heavy atom. The summed E-state index contributed by atoms with van der Waals surface area (Å²) in [7, 11) is 0. The molecule has 2 heteroatoms. The first kappa shape index (κ1) is 16.9. The third-order valence-corrected chi connectivity index (χ3v) is 2.43. The fourth-order valence-corrected chi connectivity index (χ4v) is 1.50. The average Bonchev–Trinajstić information content (AvgIpc) is 2.11. The highest BCUT2D eigenvalue weighted by Gasteiger charge is 2.09. The summed E-state index contributed by atoms with van der Waals surface area (Å²) >= 11 is 0. The van der Waals surface area contributed by atoms with Crippen LogP contribution in [-0.2, 0) is 9.47 Å². The lowest BCUT2D eigenvalue weighted by molar-refractivity contribution is -0.0141. The van der Waals surface area contributed by atoms with E-state index >= 15 is 0 Å². The Morgan fingerprint density at radius 3 is 1.82 bits per heavy atom. The molecule has 0 aliphatic carbocycles. The van der Waals surface area contributed by atoms with Crippen molar-refractivity contribution in [3.63, 3.8) is 0 Å². The molecule has 104 valence electrons. The fourth-order valence-electron chi connectivity index (χ4n) is 1.50. The van der Waals surface area contributed by atoms with Gasteiger partial charge in [-0.3, -0.25) is 0 Å². The van der Waals surface area contributed by atoms with Gasteiger partial charge in [0.15, 0.2) is 0 Å². The van der Waals surface area contributed by atoms with Crippen molar-refractivity contribution in [2.75, 3.05) is 19.8 Å². The standard InChI is InChI=1S/C15H32O2/c1-14(2,3)10-7-8-11-16-12-9-13-17-15(4,5)6/h7-13H2,1-6H3. The van der Waals surface area contributed by atoms with Crippen molar-refractivity contribution in [1.82, 2.24) is 0 Å². The Kier molecular flexibility index (Phi) is 8.06. The molecular formula is C15H32O2. The van der Waals surface area contributed by atoms with E-state index in [0.717, 1.165) is 26.2 Å². The molecule has 0 aromatic carbocycles. The summed E-state index contributed by atoms with van der Waals surface area (Å²) in [4.78, 5) is 0. The molecule has 0 radical (unpaired) electrons. The first-order chi connectivity index (χ1) is 7.71. The molecule has 0 aliphatic rings. The monoisotopic (exact) mass is 244 g/mol. The summed E-state index contributed by atoms with van der Waals surface area (Å²) in [6, 6.07) is 0. The first-order valence-electron chi connectivity index (χ1n) is 6.92. The zero-order chi connectivity index (χ0) is 13.4. The van der Waals surface area contributed by atoms with Crippen LogP contribution in [0.3, 0.4) is 0 Å². The highest BCUT2D eigenvalue weighted by Crippen LogP contribution is 2.21. The molecule has 17 heavy (non-hydrogen) atoms. The van der Waals surface area contributed by atoms with E-state index in [0.29, 0.717) is 5.41 Å². The topological polar surface area (TPSA) is 18.5 Å². The molecule has 0 aliphatic heterocycles. The van der Waals surface area contributed by atoms with Gasteiger partial charge in [0.05, 0.1) is 5.60 Å². The maximum atomic E-state index is 5.62. The third-order valence-electron chi connectivity index (χ3n) is 2.43. The highest BCUT2D eigenvalue weighted by molar-refractivity contribution is 4.60. The van der Waals surface area contributed by atoms with Crippen molar-refractivity contribution in [3.05, 3.63) is 0 Å². The summed E-state index contributed by atoms with van der Waals surface area (Å²) < 4.78 is 11.2. The van der Waals surface area contributed by atoms with Gasteiger partial charge in [-0.2, -0.15) is 0 Å². The second kappa shape index (κ2) is 8.10. The number of hydrogen-bond acceptors (Lipinski definition) is 2. The molecule has 0 saturated heterocycles. The van der Waals surface area contributed by atoms with Gasteiger partial charge in [0.2, 0.25) is 0 Å². The van der Waals surface area contributed by atoms with Crippen molar-refractivity contribution in [3.8, 4) is 0 Å². The molecule has 0 aromatic heterocycles. The van der Waals surface area contributed by atoms with E-state index in [1.165, 1.54) is 19.3 Å². The van der Waals surface area contributed by atoms with Crippen molar-refractivity contribution in [1.29, 1.82) is 0 Å². The summed E-state index contributed by atoms with van der Waals surface area (Å²) in [6.45, 7) is 15.6. The van der Waals surface area contributed by atoms with Gasteiger partial charge in [-0.05, 0) is 45.4 Å². The van der Waals surface area contributed by atoms with E-state index in [2.05, 4.69) is 41.5 Å². The number of ether oxygens (including phenoxy) is 2. The van der Waals surface area contributed by atoms with Crippen molar-refractivity contribution in [2.45, 2.75) is 72.8 Å². The van der Waals surface area contributed by atoms with Gasteiger partial charge in [0.25, 0.3) is 0 Å². The van der Waals surface area contributed by atoms with E-state index < -0.39 is 0 Å². The molecule has 0 rings (SSSR count). The third kappa shape index (κ3) is 15.9. The van der Waals surface area contributed by atoms with Crippen LogP contribution in [0.4, 0.5) is 0 Å². The molecule has 0 heterocycles. The SMILES string of the molecule is CC(C)(C)CCCCOCCCOC(C)(C)C. The summed E-state index contributed by atoms with van der Waals surface area (Å²) in [6.07, 6.45) is 4.72. The van der Waals surface area contributed by atoms with Gasteiger partial charge in [0.1, 0.15) is 0 Å². The van der Waals surface area contributed by atoms with Crippen LogP contribution in [-0.4, -0.2) is 25.4 Å². The van der Waals surface area contributed by atoms with Crippen LogP contribution in [0.15, 0.2) is 0 Å². The average molecular weight is 244 g/mol. The van der Waals surface area contributed by atoms with Crippen LogP contribution >= 0.6 is 0 Å². The molecular weight excluding hydrogens is 212 g/mol. The Hall–Kier alpha value is -0.0800. The van der Waals surface area contributed by atoms with Gasteiger partial charge >= 0.3 is 0 Å². The van der Waals surface area contributed by atoms with Crippen LogP contribution in [0.25, 0.3) is 0 Å². The number of unbranched alkanes of at least 4 members (excludes halogenated alkanes) is 1. The molecule has 0 unspecified atom stereocenters. The predicted molar refractivity (Wildman–Crippen MR) is 74.4 cm³/mol. The lowest BCUT2D eigenvalue weighted by atomic mass is 9.90.